The molecule has 0 spiro atoms. The summed E-state index contributed by atoms with van der Waals surface area (Å²) in [6.07, 6.45) is 1.08. The summed E-state index contributed by atoms with van der Waals surface area (Å²) in [6.45, 7) is 7.05. The summed E-state index contributed by atoms with van der Waals surface area (Å²) in [5.74, 6) is 1.32. The molecule has 2 N–H and O–H groups in total. The van der Waals surface area contributed by atoms with Gasteiger partial charge in [-0.3, -0.25) is 4.99 Å². The molecule has 1 aliphatic rings. The fourth-order valence-electron chi connectivity index (χ4n) is 3.16. The van der Waals surface area contributed by atoms with Crippen molar-refractivity contribution in [3.8, 4) is 0 Å². The Morgan fingerprint density at radius 1 is 1.33 bits per heavy atom. The Morgan fingerprint density at radius 3 is 2.74 bits per heavy atom. The van der Waals surface area contributed by atoms with Gasteiger partial charge in [0, 0.05) is 46.3 Å². The average molecular weight is 510 g/mol. The lowest BCUT2D eigenvalue weighted by molar-refractivity contribution is 0.157. The number of methoxy groups -OCH3 is 1. The molecule has 0 bridgehead atoms. The van der Waals surface area contributed by atoms with Crippen molar-refractivity contribution in [2.75, 3.05) is 46.9 Å². The minimum atomic E-state index is -3.51. The van der Waals surface area contributed by atoms with E-state index in [1.54, 1.807) is 27.1 Å². The van der Waals surface area contributed by atoms with Crippen LogP contribution in [0.15, 0.2) is 28.1 Å². The molecule has 7 nitrogen and oxygen atoms in total. The number of hydrogen-bond acceptors (Lipinski definition) is 4. The highest BCUT2D eigenvalue weighted by atomic mass is 127. The predicted molar refractivity (Wildman–Crippen MR) is 119 cm³/mol. The predicted octanol–water partition coefficient (Wildman–Crippen LogP) is 1.74. The Bertz CT molecular complexity index is 740. The maximum absolute atomic E-state index is 12.5. The molecule has 2 rings (SSSR count). The highest BCUT2D eigenvalue weighted by Crippen LogP contribution is 2.17. The molecule has 0 aliphatic carbocycles. The molecule has 1 fully saturated rings. The monoisotopic (exact) mass is 510 g/mol. The molecule has 1 saturated heterocycles. The number of guanidine groups is 1. The smallest absolute Gasteiger partial charge is 0.240 e. The third-order valence-electron chi connectivity index (χ3n) is 4.53. The third kappa shape index (κ3) is 6.88. The van der Waals surface area contributed by atoms with E-state index >= 15 is 0 Å². The van der Waals surface area contributed by atoms with E-state index in [1.165, 1.54) is 0 Å². The highest BCUT2D eigenvalue weighted by Gasteiger charge is 2.24. The first-order valence-electron chi connectivity index (χ1n) is 8.89. The van der Waals surface area contributed by atoms with Gasteiger partial charge in [-0.1, -0.05) is 12.1 Å². The second kappa shape index (κ2) is 11.2. The summed E-state index contributed by atoms with van der Waals surface area (Å²) in [4.78, 5) is 6.82. The van der Waals surface area contributed by atoms with Crippen molar-refractivity contribution in [3.05, 3.63) is 29.3 Å². The number of aliphatic imine (C=N–C) groups is 1. The molecule has 9 heteroatoms. The Kier molecular flexibility index (Phi) is 9.99. The Labute approximate surface area is 180 Å². The van der Waals surface area contributed by atoms with Crippen LogP contribution in [0.4, 0.5) is 0 Å². The van der Waals surface area contributed by atoms with Crippen LogP contribution in [-0.4, -0.2) is 66.2 Å². The molecule has 154 valence electrons. The van der Waals surface area contributed by atoms with Crippen molar-refractivity contribution in [1.29, 1.82) is 0 Å². The summed E-state index contributed by atoms with van der Waals surface area (Å²) in [5, 5.41) is 3.23. The highest BCUT2D eigenvalue weighted by molar-refractivity contribution is 14.0. The second-order valence-corrected chi connectivity index (χ2v) is 8.43. The maximum Gasteiger partial charge on any atom is 0.240 e. The van der Waals surface area contributed by atoms with Gasteiger partial charge in [0.05, 0.1) is 11.5 Å². The minimum Gasteiger partial charge on any atom is -0.384 e. The van der Waals surface area contributed by atoms with Crippen LogP contribution >= 0.6 is 24.0 Å². The molecule has 1 atom stereocenters. The summed E-state index contributed by atoms with van der Waals surface area (Å²) < 4.78 is 32.9. The van der Waals surface area contributed by atoms with Gasteiger partial charge in [0.25, 0.3) is 0 Å². The fraction of sp³-hybridized carbons (Fsp3) is 0.611. The number of benzene rings is 1. The molecule has 0 aromatic heterocycles. The first-order valence-corrected chi connectivity index (χ1v) is 10.4. The van der Waals surface area contributed by atoms with E-state index in [9.17, 15) is 8.42 Å². The minimum absolute atomic E-state index is 0. The van der Waals surface area contributed by atoms with Crippen LogP contribution in [0, 0.1) is 19.8 Å². The Hall–Kier alpha value is -0.910. The third-order valence-corrected chi connectivity index (χ3v) is 6.14. The van der Waals surface area contributed by atoms with Crippen LogP contribution in [0.5, 0.6) is 0 Å². The van der Waals surface area contributed by atoms with E-state index < -0.39 is 10.0 Å². The number of likely N-dealkylation sites (tertiary alicyclic amines) is 1. The van der Waals surface area contributed by atoms with Crippen molar-refractivity contribution in [3.63, 3.8) is 0 Å². The lowest BCUT2D eigenvalue weighted by Gasteiger charge is -2.21. The zero-order valence-corrected chi connectivity index (χ0v) is 19.6. The van der Waals surface area contributed by atoms with Gasteiger partial charge in [0.2, 0.25) is 10.0 Å². The van der Waals surface area contributed by atoms with E-state index in [1.807, 2.05) is 19.1 Å². The second-order valence-electron chi connectivity index (χ2n) is 6.70. The van der Waals surface area contributed by atoms with E-state index in [2.05, 4.69) is 19.9 Å². The largest absolute Gasteiger partial charge is 0.384 e. The number of nitrogens with one attached hydrogen (secondary N) is 2. The molecule has 1 aromatic rings. The standard InChI is InChI=1S/C18H30N4O3S.HI/c1-14-5-6-15(2)17(11-14)26(23,24)21-9-8-20-18(19-3)22-10-7-16(12-22)13-25-4;/h5-6,11,16,21H,7-10,12-13H2,1-4H3,(H,19,20);1H. The first-order chi connectivity index (χ1) is 12.4. The molecule has 1 aromatic carbocycles. The van der Waals surface area contributed by atoms with Crippen LogP contribution in [0.2, 0.25) is 0 Å². The Morgan fingerprint density at radius 2 is 2.07 bits per heavy atom. The van der Waals surface area contributed by atoms with Gasteiger partial charge in [-0.15, -0.1) is 24.0 Å². The van der Waals surface area contributed by atoms with Crippen molar-refractivity contribution in [1.82, 2.24) is 14.9 Å². The molecular formula is C18H31IN4O3S. The van der Waals surface area contributed by atoms with E-state index in [4.69, 9.17) is 4.74 Å². The summed E-state index contributed by atoms with van der Waals surface area (Å²) in [5.41, 5.74) is 1.67. The molecule has 0 radical (unpaired) electrons. The number of hydrogen-bond donors (Lipinski definition) is 2. The Balaban J connectivity index is 0.00000364. The van der Waals surface area contributed by atoms with E-state index in [0.717, 1.165) is 43.2 Å². The number of aryl methyl sites for hydroxylation is 2. The number of nitrogens with zero attached hydrogens (tertiary/aromatic N) is 2. The number of halogens is 1. The number of rotatable bonds is 7. The van der Waals surface area contributed by atoms with Crippen molar-refractivity contribution < 1.29 is 13.2 Å². The zero-order valence-electron chi connectivity index (χ0n) is 16.5. The van der Waals surface area contributed by atoms with Crippen molar-refractivity contribution >= 4 is 40.0 Å². The number of sulfonamides is 1. The molecule has 1 heterocycles. The summed E-state index contributed by atoms with van der Waals surface area (Å²) in [6, 6.07) is 5.44. The normalized spacial score (nSPS) is 17.7. The van der Waals surface area contributed by atoms with Crippen molar-refractivity contribution in [2.45, 2.75) is 25.2 Å². The molecular weight excluding hydrogens is 479 g/mol. The molecule has 0 saturated carbocycles. The van der Waals surface area contributed by atoms with Gasteiger partial charge < -0.3 is 15.0 Å². The summed E-state index contributed by atoms with van der Waals surface area (Å²) in [7, 11) is -0.0509. The van der Waals surface area contributed by atoms with Gasteiger partial charge in [-0.25, -0.2) is 13.1 Å². The molecule has 1 aliphatic heterocycles. The average Bonchev–Trinajstić information content (AvgIpc) is 3.05. The molecule has 0 amide bonds. The molecule has 1 unspecified atom stereocenters. The van der Waals surface area contributed by atoms with Crippen LogP contribution in [0.25, 0.3) is 0 Å². The van der Waals surface area contributed by atoms with Crippen LogP contribution in [-0.2, 0) is 14.8 Å². The van der Waals surface area contributed by atoms with Crippen LogP contribution < -0.4 is 10.0 Å². The van der Waals surface area contributed by atoms with Gasteiger partial charge in [0.1, 0.15) is 0 Å². The number of ether oxygens (including phenoxy) is 1. The van der Waals surface area contributed by atoms with Gasteiger partial charge in [0.15, 0.2) is 5.96 Å². The first kappa shape index (κ1) is 24.1. The maximum atomic E-state index is 12.5. The van der Waals surface area contributed by atoms with Gasteiger partial charge >= 0.3 is 0 Å². The quantitative estimate of drug-likeness (QED) is 0.253. The van der Waals surface area contributed by atoms with Gasteiger partial charge in [-0.05, 0) is 37.5 Å². The molecule has 27 heavy (non-hydrogen) atoms. The van der Waals surface area contributed by atoms with Gasteiger partial charge in [-0.2, -0.15) is 0 Å². The van der Waals surface area contributed by atoms with E-state index in [-0.39, 0.29) is 24.0 Å². The van der Waals surface area contributed by atoms with Crippen molar-refractivity contribution in [2.24, 2.45) is 10.9 Å². The SMILES string of the molecule is CN=C(NCCNS(=O)(=O)c1cc(C)ccc1C)N1CCC(COC)C1.I. The van der Waals surface area contributed by atoms with E-state index in [0.29, 0.717) is 23.9 Å². The fourth-order valence-corrected chi connectivity index (χ4v) is 4.52. The van der Waals surface area contributed by atoms with Crippen LogP contribution in [0.3, 0.4) is 0 Å². The lowest BCUT2D eigenvalue weighted by atomic mass is 10.1. The summed E-state index contributed by atoms with van der Waals surface area (Å²) >= 11 is 0. The van der Waals surface area contributed by atoms with Crippen LogP contribution in [0.1, 0.15) is 17.5 Å². The lowest BCUT2D eigenvalue weighted by Crippen LogP contribution is -2.43. The zero-order chi connectivity index (χ0) is 19.2. The topological polar surface area (TPSA) is 83.0 Å².